The molecule has 0 spiro atoms. The van der Waals surface area contributed by atoms with Crippen molar-refractivity contribution < 1.29 is 17.9 Å². The van der Waals surface area contributed by atoms with Crippen LogP contribution in [0.3, 0.4) is 0 Å². The summed E-state index contributed by atoms with van der Waals surface area (Å²) in [6.45, 7) is 2.62. The number of hydrogen-bond donors (Lipinski definition) is 1. The van der Waals surface area contributed by atoms with Gasteiger partial charge in [0.15, 0.2) is 6.61 Å². The van der Waals surface area contributed by atoms with Gasteiger partial charge >= 0.3 is 0 Å². The van der Waals surface area contributed by atoms with Gasteiger partial charge in [0.05, 0.1) is 4.90 Å². The molecule has 6 nitrogen and oxygen atoms in total. The Morgan fingerprint density at radius 2 is 1.89 bits per heavy atom. The molecule has 1 heterocycles. The van der Waals surface area contributed by atoms with Crippen molar-refractivity contribution in [1.82, 2.24) is 4.31 Å². The van der Waals surface area contributed by atoms with Gasteiger partial charge in [-0.15, -0.1) is 0 Å². The van der Waals surface area contributed by atoms with Crippen LogP contribution in [-0.2, 0) is 14.8 Å². The van der Waals surface area contributed by atoms with Crippen LogP contribution < -0.4 is 10.1 Å². The van der Waals surface area contributed by atoms with E-state index in [1.807, 2.05) is 0 Å². The van der Waals surface area contributed by atoms with Crippen LogP contribution in [0.15, 0.2) is 47.4 Å². The predicted octanol–water partition coefficient (Wildman–Crippen LogP) is 3.84. The first-order valence-corrected chi connectivity index (χ1v) is 11.0. The summed E-state index contributed by atoms with van der Waals surface area (Å²) in [7, 11) is -3.57. The topological polar surface area (TPSA) is 75.7 Å². The van der Waals surface area contributed by atoms with Gasteiger partial charge in [0, 0.05) is 23.8 Å². The zero-order chi connectivity index (χ0) is 20.1. The second kappa shape index (κ2) is 8.94. The molecule has 0 saturated carbocycles. The Bertz CT molecular complexity index is 956. The number of rotatable bonds is 6. The van der Waals surface area contributed by atoms with E-state index in [9.17, 15) is 13.2 Å². The number of hydrogen-bond acceptors (Lipinski definition) is 4. The molecule has 1 aliphatic heterocycles. The fourth-order valence-corrected chi connectivity index (χ4v) is 5.05. The number of carbonyl (C=O) groups excluding carboxylic acids is 1. The number of nitrogens with one attached hydrogen (secondary N) is 1. The number of carbonyl (C=O) groups is 1. The molecule has 0 aromatic heterocycles. The lowest BCUT2D eigenvalue weighted by molar-refractivity contribution is -0.118. The molecule has 0 radical (unpaired) electrons. The third kappa shape index (κ3) is 5.04. The predicted molar refractivity (Wildman–Crippen MR) is 109 cm³/mol. The fraction of sp³-hybridized carbons (Fsp3) is 0.350. The molecule has 1 aliphatic rings. The van der Waals surface area contributed by atoms with Crippen molar-refractivity contribution in [2.75, 3.05) is 25.0 Å². The van der Waals surface area contributed by atoms with Crippen molar-refractivity contribution in [2.45, 2.75) is 31.1 Å². The summed E-state index contributed by atoms with van der Waals surface area (Å²) < 4.78 is 32.9. The Labute approximate surface area is 170 Å². The Hall–Kier alpha value is -2.09. The molecule has 0 unspecified atom stereocenters. The summed E-state index contributed by atoms with van der Waals surface area (Å²) in [5.41, 5.74) is 1.07. The Balaban J connectivity index is 1.69. The number of anilines is 1. The van der Waals surface area contributed by atoms with Crippen molar-refractivity contribution in [2.24, 2.45) is 0 Å². The van der Waals surface area contributed by atoms with E-state index >= 15 is 0 Å². The van der Waals surface area contributed by atoms with Gasteiger partial charge in [0.2, 0.25) is 10.0 Å². The summed E-state index contributed by atoms with van der Waals surface area (Å²) in [5, 5.41) is 3.21. The Kier molecular flexibility index (Phi) is 6.59. The molecule has 0 aliphatic carbocycles. The van der Waals surface area contributed by atoms with Crippen molar-refractivity contribution in [3.8, 4) is 5.75 Å². The van der Waals surface area contributed by atoms with Crippen LogP contribution in [0.2, 0.25) is 5.02 Å². The third-order valence-corrected chi connectivity index (χ3v) is 6.85. The largest absolute Gasteiger partial charge is 0.484 e. The van der Waals surface area contributed by atoms with Gasteiger partial charge in [-0.25, -0.2) is 8.42 Å². The van der Waals surface area contributed by atoms with E-state index in [0.29, 0.717) is 35.1 Å². The average Bonchev–Trinajstić information content (AvgIpc) is 2.68. The van der Waals surface area contributed by atoms with Crippen LogP contribution in [0.1, 0.15) is 24.8 Å². The minimum atomic E-state index is -3.57. The normalized spacial score (nSPS) is 15.2. The molecule has 1 saturated heterocycles. The summed E-state index contributed by atoms with van der Waals surface area (Å²) in [6.07, 6.45) is 2.79. The maximum absolute atomic E-state index is 13.0. The average molecular weight is 423 g/mol. The molecular formula is C20H23ClN2O4S. The van der Waals surface area contributed by atoms with E-state index in [1.54, 1.807) is 43.3 Å². The second-order valence-electron chi connectivity index (χ2n) is 6.74. The third-order valence-electron chi connectivity index (χ3n) is 4.57. The number of nitrogens with zero attached hydrogens (tertiary/aromatic N) is 1. The van der Waals surface area contributed by atoms with Crippen molar-refractivity contribution in [1.29, 1.82) is 0 Å². The lowest BCUT2D eigenvalue weighted by Crippen LogP contribution is -2.36. The number of piperidine rings is 1. The maximum Gasteiger partial charge on any atom is 0.262 e. The number of halogens is 1. The lowest BCUT2D eigenvalue weighted by Gasteiger charge is -2.26. The van der Waals surface area contributed by atoms with E-state index in [-0.39, 0.29) is 17.4 Å². The monoisotopic (exact) mass is 422 g/mol. The van der Waals surface area contributed by atoms with Gasteiger partial charge in [0.1, 0.15) is 5.75 Å². The molecule has 2 aromatic rings. The van der Waals surface area contributed by atoms with Crippen LogP contribution in [0.25, 0.3) is 0 Å². The number of benzene rings is 2. The first-order chi connectivity index (χ1) is 13.4. The van der Waals surface area contributed by atoms with Crippen LogP contribution >= 0.6 is 11.6 Å². The summed E-state index contributed by atoms with van der Waals surface area (Å²) in [6, 6.07) is 11.7. The van der Waals surface area contributed by atoms with Crippen LogP contribution in [0, 0.1) is 6.92 Å². The molecule has 1 fully saturated rings. The minimum Gasteiger partial charge on any atom is -0.484 e. The molecule has 1 N–H and O–H groups in total. The quantitative estimate of drug-likeness (QED) is 0.767. The molecule has 0 atom stereocenters. The summed E-state index contributed by atoms with van der Waals surface area (Å²) in [5.74, 6) is 0.102. The Morgan fingerprint density at radius 3 is 2.61 bits per heavy atom. The van der Waals surface area contributed by atoms with Gasteiger partial charge in [-0.2, -0.15) is 4.31 Å². The van der Waals surface area contributed by atoms with E-state index in [4.69, 9.17) is 16.3 Å². The highest BCUT2D eigenvalue weighted by atomic mass is 35.5. The number of ether oxygens (including phenoxy) is 1. The smallest absolute Gasteiger partial charge is 0.262 e. The van der Waals surface area contributed by atoms with Crippen molar-refractivity contribution in [3.05, 3.63) is 53.1 Å². The molecule has 2 aromatic carbocycles. The molecule has 3 rings (SSSR count). The maximum atomic E-state index is 13.0. The van der Waals surface area contributed by atoms with E-state index in [1.165, 1.54) is 10.4 Å². The van der Waals surface area contributed by atoms with Gasteiger partial charge in [-0.3, -0.25) is 4.79 Å². The SMILES string of the molecule is Cc1ccc(NC(=O)COc2cccc(Cl)c2)cc1S(=O)(=O)N1CCCCC1. The van der Waals surface area contributed by atoms with Gasteiger partial charge in [-0.05, 0) is 55.7 Å². The fourth-order valence-electron chi connectivity index (χ4n) is 3.10. The van der Waals surface area contributed by atoms with E-state index in [0.717, 1.165) is 19.3 Å². The first kappa shape index (κ1) is 20.6. The highest BCUT2D eigenvalue weighted by Crippen LogP contribution is 2.26. The van der Waals surface area contributed by atoms with Crippen LogP contribution in [-0.4, -0.2) is 38.3 Å². The number of aryl methyl sites for hydroxylation is 1. The summed E-state index contributed by atoms with van der Waals surface area (Å²) in [4.78, 5) is 12.4. The highest BCUT2D eigenvalue weighted by molar-refractivity contribution is 7.89. The minimum absolute atomic E-state index is 0.206. The van der Waals surface area contributed by atoms with Crippen LogP contribution in [0.4, 0.5) is 5.69 Å². The van der Waals surface area contributed by atoms with Gasteiger partial charge < -0.3 is 10.1 Å². The molecule has 8 heteroatoms. The molecule has 0 bridgehead atoms. The van der Waals surface area contributed by atoms with Crippen molar-refractivity contribution in [3.63, 3.8) is 0 Å². The van der Waals surface area contributed by atoms with Crippen molar-refractivity contribution >= 4 is 33.2 Å². The number of sulfonamides is 1. The molecule has 28 heavy (non-hydrogen) atoms. The first-order valence-electron chi connectivity index (χ1n) is 9.15. The van der Waals surface area contributed by atoms with E-state index < -0.39 is 10.0 Å². The second-order valence-corrected chi connectivity index (χ2v) is 9.08. The van der Waals surface area contributed by atoms with Gasteiger partial charge in [-0.1, -0.05) is 30.2 Å². The highest BCUT2D eigenvalue weighted by Gasteiger charge is 2.27. The molecule has 150 valence electrons. The zero-order valence-electron chi connectivity index (χ0n) is 15.7. The van der Waals surface area contributed by atoms with Crippen LogP contribution in [0.5, 0.6) is 5.75 Å². The lowest BCUT2D eigenvalue weighted by atomic mass is 10.2. The standard InChI is InChI=1S/C20H23ClN2O4S/c1-15-8-9-17(13-19(15)28(25,26)23-10-3-2-4-11-23)22-20(24)14-27-18-7-5-6-16(21)12-18/h5-9,12-13H,2-4,10-11,14H2,1H3,(H,22,24). The Morgan fingerprint density at radius 1 is 1.14 bits per heavy atom. The van der Waals surface area contributed by atoms with E-state index in [2.05, 4.69) is 5.32 Å². The molecule has 1 amide bonds. The number of amides is 1. The van der Waals surface area contributed by atoms with Gasteiger partial charge in [0.25, 0.3) is 5.91 Å². The zero-order valence-corrected chi connectivity index (χ0v) is 17.2. The molecular weight excluding hydrogens is 400 g/mol. The summed E-state index contributed by atoms with van der Waals surface area (Å²) >= 11 is 5.89.